The van der Waals surface area contributed by atoms with Crippen molar-refractivity contribution < 1.29 is 14.3 Å². The van der Waals surface area contributed by atoms with E-state index in [4.69, 9.17) is 10.00 Å². The third-order valence-corrected chi connectivity index (χ3v) is 4.50. The molecule has 1 saturated heterocycles. The van der Waals surface area contributed by atoms with Gasteiger partial charge >= 0.3 is 0 Å². The Morgan fingerprint density at radius 2 is 1.57 bits per heavy atom. The molecule has 0 spiro atoms. The van der Waals surface area contributed by atoms with Crippen molar-refractivity contribution in [1.82, 2.24) is 10.2 Å². The van der Waals surface area contributed by atoms with Gasteiger partial charge in [-0.15, -0.1) is 0 Å². The Balaban J connectivity index is 1.49. The molecule has 2 N–H and O–H groups in total. The minimum Gasteiger partial charge on any atom is -0.379 e. The number of carbonyl (C=O) groups is 2. The van der Waals surface area contributed by atoms with E-state index in [-0.39, 0.29) is 11.8 Å². The molecule has 28 heavy (non-hydrogen) atoms. The van der Waals surface area contributed by atoms with Gasteiger partial charge in [-0.25, -0.2) is 0 Å². The highest BCUT2D eigenvalue weighted by Gasteiger charge is 2.12. The molecule has 1 fully saturated rings. The topological polar surface area (TPSA) is 94.5 Å². The predicted molar refractivity (Wildman–Crippen MR) is 105 cm³/mol. The van der Waals surface area contributed by atoms with Gasteiger partial charge in [-0.2, -0.15) is 5.26 Å². The SMILES string of the molecule is N#Cc1ccc(NC(=O)c2ccc(C(=O)NCCN3CCOCC3)cc2)cc1. The second-order valence-corrected chi connectivity index (χ2v) is 6.43. The van der Waals surface area contributed by atoms with Crippen LogP contribution in [0, 0.1) is 11.3 Å². The van der Waals surface area contributed by atoms with Gasteiger partial charge in [-0.1, -0.05) is 0 Å². The highest BCUT2D eigenvalue weighted by atomic mass is 16.5. The molecule has 0 radical (unpaired) electrons. The first-order valence-corrected chi connectivity index (χ1v) is 9.15. The Kier molecular flexibility index (Phi) is 6.73. The number of rotatable bonds is 6. The molecule has 0 unspecified atom stereocenters. The van der Waals surface area contributed by atoms with Gasteiger partial charge in [0.1, 0.15) is 0 Å². The smallest absolute Gasteiger partial charge is 0.255 e. The third-order valence-electron chi connectivity index (χ3n) is 4.50. The zero-order valence-electron chi connectivity index (χ0n) is 15.5. The number of ether oxygens (including phenoxy) is 1. The van der Waals surface area contributed by atoms with Crippen molar-refractivity contribution in [1.29, 1.82) is 5.26 Å². The fourth-order valence-corrected chi connectivity index (χ4v) is 2.86. The largest absolute Gasteiger partial charge is 0.379 e. The Bertz CT molecular complexity index is 851. The number of nitriles is 1. The van der Waals surface area contributed by atoms with Gasteiger partial charge in [0.05, 0.1) is 24.8 Å². The van der Waals surface area contributed by atoms with E-state index in [0.717, 1.165) is 32.8 Å². The molecule has 1 heterocycles. The van der Waals surface area contributed by atoms with Crippen molar-refractivity contribution in [3.8, 4) is 6.07 Å². The van der Waals surface area contributed by atoms with Crippen LogP contribution in [0.2, 0.25) is 0 Å². The van der Waals surface area contributed by atoms with Crippen LogP contribution in [0.1, 0.15) is 26.3 Å². The summed E-state index contributed by atoms with van der Waals surface area (Å²) in [5.74, 6) is -0.434. The molecule has 2 aromatic carbocycles. The normalized spacial score (nSPS) is 14.1. The lowest BCUT2D eigenvalue weighted by atomic mass is 10.1. The van der Waals surface area contributed by atoms with Crippen molar-refractivity contribution in [2.45, 2.75) is 0 Å². The van der Waals surface area contributed by atoms with Gasteiger partial charge in [0, 0.05) is 43.0 Å². The van der Waals surface area contributed by atoms with E-state index in [1.54, 1.807) is 48.5 Å². The summed E-state index contributed by atoms with van der Waals surface area (Å²) in [6.07, 6.45) is 0. The van der Waals surface area contributed by atoms with Crippen LogP contribution in [0.15, 0.2) is 48.5 Å². The molecule has 144 valence electrons. The molecule has 2 aromatic rings. The molecule has 0 saturated carbocycles. The Labute approximate surface area is 163 Å². The van der Waals surface area contributed by atoms with Crippen LogP contribution in [0.4, 0.5) is 5.69 Å². The Hall–Kier alpha value is -3.21. The van der Waals surface area contributed by atoms with E-state index < -0.39 is 0 Å². The summed E-state index contributed by atoms with van der Waals surface area (Å²) in [6.45, 7) is 4.61. The fraction of sp³-hybridized carbons (Fsp3) is 0.286. The standard InChI is InChI=1S/C21H22N4O3/c22-15-16-1-7-19(8-2-16)24-21(27)18-5-3-17(4-6-18)20(26)23-9-10-25-11-13-28-14-12-25/h1-8H,9-14H2,(H,23,26)(H,24,27). The average molecular weight is 378 g/mol. The number of amides is 2. The molecule has 0 aromatic heterocycles. The summed E-state index contributed by atoms with van der Waals surface area (Å²) in [5, 5.41) is 14.5. The maximum atomic E-state index is 12.3. The Morgan fingerprint density at radius 3 is 2.18 bits per heavy atom. The van der Waals surface area contributed by atoms with E-state index in [2.05, 4.69) is 15.5 Å². The van der Waals surface area contributed by atoms with Crippen molar-refractivity contribution in [3.05, 3.63) is 65.2 Å². The summed E-state index contributed by atoms with van der Waals surface area (Å²) in [6, 6.07) is 15.2. The molecule has 1 aliphatic heterocycles. The van der Waals surface area contributed by atoms with E-state index in [0.29, 0.717) is 28.9 Å². The van der Waals surface area contributed by atoms with E-state index in [9.17, 15) is 9.59 Å². The quantitative estimate of drug-likeness (QED) is 0.800. The first-order valence-electron chi connectivity index (χ1n) is 9.15. The minimum absolute atomic E-state index is 0.160. The van der Waals surface area contributed by atoms with E-state index in [1.165, 1.54) is 0 Å². The van der Waals surface area contributed by atoms with Crippen LogP contribution >= 0.6 is 0 Å². The van der Waals surface area contributed by atoms with Gasteiger partial charge in [0.15, 0.2) is 0 Å². The molecule has 3 rings (SSSR count). The molecule has 7 heteroatoms. The number of hydrogen-bond donors (Lipinski definition) is 2. The van der Waals surface area contributed by atoms with Crippen LogP contribution in [0.5, 0.6) is 0 Å². The second-order valence-electron chi connectivity index (χ2n) is 6.43. The summed E-state index contributed by atoms with van der Waals surface area (Å²) in [7, 11) is 0. The lowest BCUT2D eigenvalue weighted by molar-refractivity contribution is 0.0383. The van der Waals surface area contributed by atoms with Gasteiger partial charge < -0.3 is 15.4 Å². The molecular weight excluding hydrogens is 356 g/mol. The van der Waals surface area contributed by atoms with E-state index in [1.807, 2.05) is 6.07 Å². The summed E-state index contributed by atoms with van der Waals surface area (Å²) in [5.41, 5.74) is 2.10. The molecule has 0 bridgehead atoms. The monoisotopic (exact) mass is 378 g/mol. The lowest BCUT2D eigenvalue weighted by Gasteiger charge is -2.26. The highest BCUT2D eigenvalue weighted by molar-refractivity contribution is 6.05. The zero-order chi connectivity index (χ0) is 19.8. The van der Waals surface area contributed by atoms with Crippen LogP contribution in [0.3, 0.4) is 0 Å². The lowest BCUT2D eigenvalue weighted by Crippen LogP contribution is -2.41. The number of nitrogens with one attached hydrogen (secondary N) is 2. The van der Waals surface area contributed by atoms with Crippen molar-refractivity contribution in [3.63, 3.8) is 0 Å². The number of anilines is 1. The number of carbonyl (C=O) groups excluding carboxylic acids is 2. The van der Waals surface area contributed by atoms with Gasteiger partial charge in [-0.3, -0.25) is 14.5 Å². The minimum atomic E-state index is -0.274. The van der Waals surface area contributed by atoms with Gasteiger partial charge in [0.2, 0.25) is 0 Å². The number of hydrogen-bond acceptors (Lipinski definition) is 5. The molecule has 2 amide bonds. The van der Waals surface area contributed by atoms with Crippen LogP contribution in [-0.4, -0.2) is 56.1 Å². The fourth-order valence-electron chi connectivity index (χ4n) is 2.86. The maximum Gasteiger partial charge on any atom is 0.255 e. The van der Waals surface area contributed by atoms with Crippen LogP contribution in [0.25, 0.3) is 0 Å². The number of benzene rings is 2. The summed E-state index contributed by atoms with van der Waals surface area (Å²) < 4.78 is 5.30. The highest BCUT2D eigenvalue weighted by Crippen LogP contribution is 2.12. The van der Waals surface area contributed by atoms with Gasteiger partial charge in [0.25, 0.3) is 11.8 Å². The molecule has 1 aliphatic rings. The van der Waals surface area contributed by atoms with Crippen molar-refractivity contribution in [2.75, 3.05) is 44.7 Å². The molecule has 7 nitrogen and oxygen atoms in total. The number of morpholine rings is 1. The molecule has 0 atom stereocenters. The predicted octanol–water partition coefficient (Wildman–Crippen LogP) is 1.87. The summed E-state index contributed by atoms with van der Waals surface area (Å²) >= 11 is 0. The average Bonchev–Trinajstić information content (AvgIpc) is 2.75. The first kappa shape index (κ1) is 19.5. The second kappa shape index (κ2) is 9.65. The van der Waals surface area contributed by atoms with E-state index >= 15 is 0 Å². The summed E-state index contributed by atoms with van der Waals surface area (Å²) in [4.78, 5) is 26.8. The van der Waals surface area contributed by atoms with Crippen LogP contribution < -0.4 is 10.6 Å². The van der Waals surface area contributed by atoms with Crippen LogP contribution in [-0.2, 0) is 4.74 Å². The maximum absolute atomic E-state index is 12.3. The molecule has 0 aliphatic carbocycles. The third kappa shape index (κ3) is 5.39. The number of nitrogens with zero attached hydrogens (tertiary/aromatic N) is 2. The van der Waals surface area contributed by atoms with Gasteiger partial charge in [-0.05, 0) is 48.5 Å². The Morgan fingerprint density at radius 1 is 0.964 bits per heavy atom. The molecular formula is C21H22N4O3. The zero-order valence-corrected chi connectivity index (χ0v) is 15.5. The van der Waals surface area contributed by atoms with Crippen molar-refractivity contribution in [2.24, 2.45) is 0 Å². The first-order chi connectivity index (χ1) is 13.7. The van der Waals surface area contributed by atoms with Crippen molar-refractivity contribution >= 4 is 17.5 Å².